The third-order valence-electron chi connectivity index (χ3n) is 2.56. The van der Waals surface area contributed by atoms with Gasteiger partial charge >= 0.3 is 0 Å². The molecule has 0 saturated carbocycles. The van der Waals surface area contributed by atoms with Crippen LogP contribution in [0.1, 0.15) is 11.3 Å². The molecule has 1 heterocycles. The van der Waals surface area contributed by atoms with Crippen LogP contribution in [0.15, 0.2) is 43.0 Å². The second kappa shape index (κ2) is 5.10. The van der Waals surface area contributed by atoms with Crippen LogP contribution in [-0.2, 0) is 0 Å². The van der Waals surface area contributed by atoms with E-state index in [1.54, 1.807) is 7.11 Å². The number of halogens is 1. The fourth-order valence-electron chi connectivity index (χ4n) is 1.58. The first kappa shape index (κ1) is 12.5. The average Bonchev–Trinajstić information content (AvgIpc) is 2.41. The van der Waals surface area contributed by atoms with Gasteiger partial charge in [-0.3, -0.25) is 0 Å². The molecule has 2 rings (SSSR count). The van der Waals surface area contributed by atoms with E-state index in [9.17, 15) is 5.11 Å². The van der Waals surface area contributed by atoms with Crippen molar-refractivity contribution >= 4 is 17.2 Å². The predicted octanol–water partition coefficient (Wildman–Crippen LogP) is 3.51. The standard InChI is InChI=1S/C14H12ClNO2/c1-9(10-3-5-11(18-2)6-4-10)14-12(17)7-8-13(15)16-14/h3-8,17H,1H2,2H3. The summed E-state index contributed by atoms with van der Waals surface area (Å²) in [5.74, 6) is 0.815. The highest BCUT2D eigenvalue weighted by atomic mass is 35.5. The summed E-state index contributed by atoms with van der Waals surface area (Å²) in [5.41, 5.74) is 1.84. The summed E-state index contributed by atoms with van der Waals surface area (Å²) >= 11 is 5.81. The van der Waals surface area contributed by atoms with Crippen molar-refractivity contribution in [1.82, 2.24) is 4.98 Å². The SMILES string of the molecule is C=C(c1ccc(OC)cc1)c1nc(Cl)ccc1O. The Bertz CT molecular complexity index is 579. The zero-order valence-corrected chi connectivity index (χ0v) is 10.6. The zero-order valence-electron chi connectivity index (χ0n) is 9.85. The molecule has 1 aromatic heterocycles. The molecule has 1 aromatic carbocycles. The minimum absolute atomic E-state index is 0.0558. The van der Waals surface area contributed by atoms with E-state index in [1.807, 2.05) is 24.3 Å². The lowest BCUT2D eigenvalue weighted by molar-refractivity contribution is 0.415. The van der Waals surface area contributed by atoms with E-state index >= 15 is 0 Å². The van der Waals surface area contributed by atoms with Gasteiger partial charge in [0.2, 0.25) is 0 Å². The lowest BCUT2D eigenvalue weighted by Gasteiger charge is -2.08. The van der Waals surface area contributed by atoms with Crippen molar-refractivity contribution < 1.29 is 9.84 Å². The van der Waals surface area contributed by atoms with Crippen LogP contribution in [-0.4, -0.2) is 17.2 Å². The van der Waals surface area contributed by atoms with Crippen molar-refractivity contribution in [2.24, 2.45) is 0 Å². The van der Waals surface area contributed by atoms with Crippen LogP contribution >= 0.6 is 11.6 Å². The van der Waals surface area contributed by atoms with Gasteiger partial charge in [-0.15, -0.1) is 0 Å². The molecule has 0 bridgehead atoms. The molecule has 0 aliphatic carbocycles. The quantitative estimate of drug-likeness (QED) is 0.860. The molecule has 2 aromatic rings. The maximum atomic E-state index is 9.76. The van der Waals surface area contributed by atoms with E-state index in [4.69, 9.17) is 16.3 Å². The summed E-state index contributed by atoms with van der Waals surface area (Å²) in [4.78, 5) is 4.08. The van der Waals surface area contributed by atoms with E-state index < -0.39 is 0 Å². The maximum absolute atomic E-state index is 9.76. The number of pyridine rings is 1. The van der Waals surface area contributed by atoms with Crippen LogP contribution in [0.5, 0.6) is 11.5 Å². The molecular formula is C14H12ClNO2. The Labute approximate surface area is 110 Å². The van der Waals surface area contributed by atoms with Crippen LogP contribution in [0.3, 0.4) is 0 Å². The number of hydrogen-bond acceptors (Lipinski definition) is 3. The van der Waals surface area contributed by atoms with Crippen molar-refractivity contribution in [1.29, 1.82) is 0 Å². The fraction of sp³-hybridized carbons (Fsp3) is 0.0714. The van der Waals surface area contributed by atoms with E-state index in [0.717, 1.165) is 11.3 Å². The van der Waals surface area contributed by atoms with Gasteiger partial charge in [-0.2, -0.15) is 0 Å². The van der Waals surface area contributed by atoms with Crippen molar-refractivity contribution in [3.05, 3.63) is 59.4 Å². The number of hydrogen-bond donors (Lipinski definition) is 1. The lowest BCUT2D eigenvalue weighted by Crippen LogP contribution is -1.92. The van der Waals surface area contributed by atoms with Gasteiger partial charge < -0.3 is 9.84 Å². The molecule has 4 heteroatoms. The molecule has 0 fully saturated rings. The van der Waals surface area contributed by atoms with E-state index in [-0.39, 0.29) is 5.75 Å². The molecule has 0 saturated heterocycles. The Balaban J connectivity index is 2.38. The molecule has 18 heavy (non-hydrogen) atoms. The van der Waals surface area contributed by atoms with Gasteiger partial charge in [-0.05, 0) is 29.8 Å². The first-order valence-corrected chi connectivity index (χ1v) is 5.69. The number of aromatic nitrogens is 1. The van der Waals surface area contributed by atoms with Crippen molar-refractivity contribution in [2.45, 2.75) is 0 Å². The third kappa shape index (κ3) is 2.46. The first-order valence-electron chi connectivity index (χ1n) is 5.31. The number of ether oxygens (including phenoxy) is 1. The first-order chi connectivity index (χ1) is 8.61. The minimum atomic E-state index is 0.0558. The summed E-state index contributed by atoms with van der Waals surface area (Å²) in [6.45, 7) is 3.93. The van der Waals surface area contributed by atoms with E-state index in [0.29, 0.717) is 16.4 Å². The van der Waals surface area contributed by atoms with E-state index in [2.05, 4.69) is 11.6 Å². The minimum Gasteiger partial charge on any atom is -0.506 e. The Morgan fingerprint density at radius 1 is 1.22 bits per heavy atom. The molecule has 1 N–H and O–H groups in total. The summed E-state index contributed by atoms with van der Waals surface area (Å²) in [6, 6.07) is 10.4. The Kier molecular flexibility index (Phi) is 3.53. The number of methoxy groups -OCH3 is 1. The number of aromatic hydroxyl groups is 1. The van der Waals surface area contributed by atoms with Gasteiger partial charge in [0, 0.05) is 5.57 Å². The third-order valence-corrected chi connectivity index (χ3v) is 2.77. The normalized spacial score (nSPS) is 10.1. The topological polar surface area (TPSA) is 42.4 Å². The fourth-order valence-corrected chi connectivity index (χ4v) is 1.73. The molecule has 0 radical (unpaired) electrons. The molecule has 0 spiro atoms. The van der Waals surface area contributed by atoms with Crippen LogP contribution in [0.4, 0.5) is 0 Å². The van der Waals surface area contributed by atoms with Crippen LogP contribution in [0.25, 0.3) is 5.57 Å². The van der Waals surface area contributed by atoms with Crippen molar-refractivity contribution in [3.8, 4) is 11.5 Å². The van der Waals surface area contributed by atoms with Crippen molar-refractivity contribution in [3.63, 3.8) is 0 Å². The van der Waals surface area contributed by atoms with Gasteiger partial charge in [0.05, 0.1) is 7.11 Å². The monoisotopic (exact) mass is 261 g/mol. The largest absolute Gasteiger partial charge is 0.506 e. The van der Waals surface area contributed by atoms with Crippen molar-refractivity contribution in [2.75, 3.05) is 7.11 Å². The van der Waals surface area contributed by atoms with Gasteiger partial charge in [-0.1, -0.05) is 30.3 Å². The molecule has 0 atom stereocenters. The summed E-state index contributed by atoms with van der Waals surface area (Å²) in [5, 5.41) is 10.1. The maximum Gasteiger partial charge on any atom is 0.141 e. The van der Waals surface area contributed by atoms with Gasteiger partial charge in [0.25, 0.3) is 0 Å². The average molecular weight is 262 g/mol. The second-order valence-corrected chi connectivity index (χ2v) is 4.10. The summed E-state index contributed by atoms with van der Waals surface area (Å²) < 4.78 is 5.08. The van der Waals surface area contributed by atoms with Gasteiger partial charge in [0.1, 0.15) is 22.3 Å². The summed E-state index contributed by atoms with van der Waals surface area (Å²) in [7, 11) is 1.61. The molecule has 92 valence electrons. The smallest absolute Gasteiger partial charge is 0.141 e. The van der Waals surface area contributed by atoms with Gasteiger partial charge in [0.15, 0.2) is 0 Å². The number of benzene rings is 1. The van der Waals surface area contributed by atoms with Crippen LogP contribution < -0.4 is 4.74 Å². The molecule has 0 unspecified atom stereocenters. The van der Waals surface area contributed by atoms with E-state index in [1.165, 1.54) is 12.1 Å². The second-order valence-electron chi connectivity index (χ2n) is 3.71. The Morgan fingerprint density at radius 3 is 2.50 bits per heavy atom. The summed E-state index contributed by atoms with van der Waals surface area (Å²) in [6.07, 6.45) is 0. The highest BCUT2D eigenvalue weighted by molar-refractivity contribution is 6.29. The molecule has 0 aliphatic heterocycles. The van der Waals surface area contributed by atoms with Crippen LogP contribution in [0, 0.1) is 0 Å². The number of nitrogens with zero attached hydrogens (tertiary/aromatic N) is 1. The molecule has 0 aliphatic rings. The molecular weight excluding hydrogens is 250 g/mol. The zero-order chi connectivity index (χ0) is 13.1. The highest BCUT2D eigenvalue weighted by Crippen LogP contribution is 2.29. The van der Waals surface area contributed by atoms with Gasteiger partial charge in [-0.25, -0.2) is 4.98 Å². The molecule has 0 amide bonds. The Hall–Kier alpha value is -2.00. The highest BCUT2D eigenvalue weighted by Gasteiger charge is 2.10. The Morgan fingerprint density at radius 2 is 1.89 bits per heavy atom. The van der Waals surface area contributed by atoms with Crippen LogP contribution in [0.2, 0.25) is 5.15 Å². The molecule has 3 nitrogen and oxygen atoms in total. The number of rotatable bonds is 3. The lowest BCUT2D eigenvalue weighted by atomic mass is 10.0. The predicted molar refractivity (Wildman–Crippen MR) is 72.0 cm³/mol.